The molecule has 0 aromatic rings. The molecule has 0 fully saturated rings. The first-order valence-corrected chi connectivity index (χ1v) is 4.15. The Labute approximate surface area is 90.5 Å². The van der Waals surface area contributed by atoms with E-state index in [1.54, 1.807) is 0 Å². The Hall–Kier alpha value is -2.15. The molecule has 0 radical (unpaired) electrons. The number of hydrogen-bond donors (Lipinski definition) is 4. The van der Waals surface area contributed by atoms with E-state index in [0.29, 0.717) is 12.3 Å². The van der Waals surface area contributed by atoms with Gasteiger partial charge >= 0.3 is 11.9 Å². The topological polar surface area (TPSA) is 138 Å². The van der Waals surface area contributed by atoms with Crippen molar-refractivity contribution < 1.29 is 29.7 Å². The summed E-state index contributed by atoms with van der Waals surface area (Å²) in [5.74, 6) is -4.18. The number of allylic oxidation sites excluding steroid dienone is 1. The van der Waals surface area contributed by atoms with Gasteiger partial charge in [-0.25, -0.2) is 4.79 Å². The average molecular weight is 229 g/mol. The van der Waals surface area contributed by atoms with Gasteiger partial charge in [-0.3, -0.25) is 9.59 Å². The third kappa shape index (κ3) is 4.91. The molecule has 0 aromatic heterocycles. The molecule has 0 bridgehead atoms. The maximum atomic E-state index is 10.8. The predicted octanol–water partition coefficient (Wildman–Crippen LogP) is -0.560. The fourth-order valence-corrected chi connectivity index (χ4v) is 0.842. The quantitative estimate of drug-likeness (QED) is 0.207. The minimum atomic E-state index is -1.67. The van der Waals surface area contributed by atoms with E-state index in [1.807, 2.05) is 0 Å². The molecule has 0 saturated heterocycles. The zero-order valence-electron chi connectivity index (χ0n) is 8.16. The van der Waals surface area contributed by atoms with Gasteiger partial charge < -0.3 is 21.1 Å². The number of ketones is 1. The number of aliphatic hydroxyl groups is 1. The van der Waals surface area contributed by atoms with Crippen LogP contribution in [0.5, 0.6) is 0 Å². The summed E-state index contributed by atoms with van der Waals surface area (Å²) in [7, 11) is 0. The van der Waals surface area contributed by atoms with Crippen molar-refractivity contribution in [1.29, 1.82) is 0 Å². The minimum Gasteiger partial charge on any atom is -0.516 e. The number of carboxylic acid groups (broad SMARTS) is 2. The Morgan fingerprint density at radius 1 is 1.25 bits per heavy atom. The molecule has 88 valence electrons. The van der Waals surface area contributed by atoms with E-state index in [1.165, 1.54) is 0 Å². The second-order valence-corrected chi connectivity index (χ2v) is 2.85. The van der Waals surface area contributed by atoms with Crippen molar-refractivity contribution in [2.45, 2.75) is 12.5 Å². The molecule has 0 aromatic carbocycles. The van der Waals surface area contributed by atoms with Gasteiger partial charge in [-0.2, -0.15) is 0 Å². The number of rotatable bonds is 6. The second kappa shape index (κ2) is 6.36. The summed E-state index contributed by atoms with van der Waals surface area (Å²) in [4.78, 5) is 31.4. The lowest BCUT2D eigenvalue weighted by molar-refractivity contribution is -0.146. The number of nitrogens with two attached hydrogens (primary N) is 1. The first kappa shape index (κ1) is 13.8. The number of aliphatic carboxylic acids is 2. The number of carboxylic acids is 2. The van der Waals surface area contributed by atoms with Gasteiger partial charge in [-0.15, -0.1) is 0 Å². The van der Waals surface area contributed by atoms with Crippen LogP contribution in [0.1, 0.15) is 6.42 Å². The molecular weight excluding hydrogens is 218 g/mol. The monoisotopic (exact) mass is 229 g/mol. The van der Waals surface area contributed by atoms with Crippen molar-refractivity contribution in [2.24, 2.45) is 5.73 Å². The van der Waals surface area contributed by atoms with Crippen LogP contribution in [-0.4, -0.2) is 39.1 Å². The highest BCUT2D eigenvalue weighted by atomic mass is 16.4. The molecule has 0 aliphatic rings. The fourth-order valence-electron chi connectivity index (χ4n) is 0.842. The van der Waals surface area contributed by atoms with Crippen LogP contribution in [0.2, 0.25) is 0 Å². The van der Waals surface area contributed by atoms with Crippen molar-refractivity contribution in [3.8, 4) is 0 Å². The van der Waals surface area contributed by atoms with E-state index in [2.05, 4.69) is 0 Å². The molecule has 0 aliphatic heterocycles. The first-order chi connectivity index (χ1) is 7.38. The van der Waals surface area contributed by atoms with Gasteiger partial charge in [0.2, 0.25) is 0 Å². The number of carbonyl (C=O) groups is 3. The number of carbonyl (C=O) groups excluding carboxylic acids is 1. The summed E-state index contributed by atoms with van der Waals surface area (Å²) in [6.07, 6.45) is 2.02. The highest BCUT2D eigenvalue weighted by Gasteiger charge is 2.15. The molecular formula is C9H11NO6. The molecule has 0 saturated carbocycles. The fraction of sp³-hybridized carbons (Fsp3) is 0.222. The van der Waals surface area contributed by atoms with E-state index >= 15 is 0 Å². The van der Waals surface area contributed by atoms with Gasteiger partial charge in [0, 0.05) is 0 Å². The van der Waals surface area contributed by atoms with Crippen molar-refractivity contribution in [1.82, 2.24) is 0 Å². The first-order valence-electron chi connectivity index (χ1n) is 4.15. The Bertz CT molecular complexity index is 357. The summed E-state index contributed by atoms with van der Waals surface area (Å²) in [6, 6.07) is -1.27. The van der Waals surface area contributed by atoms with E-state index in [0.717, 1.165) is 6.08 Å². The third-order valence-electron chi connectivity index (χ3n) is 1.59. The Morgan fingerprint density at radius 3 is 2.19 bits per heavy atom. The van der Waals surface area contributed by atoms with E-state index in [9.17, 15) is 14.4 Å². The van der Waals surface area contributed by atoms with E-state index in [4.69, 9.17) is 21.1 Å². The lowest BCUT2D eigenvalue weighted by atomic mass is 10.1. The normalized spacial score (nSPS) is 13.7. The summed E-state index contributed by atoms with van der Waals surface area (Å²) < 4.78 is 0. The molecule has 0 spiro atoms. The smallest absolute Gasteiger partial charge is 0.376 e. The summed E-state index contributed by atoms with van der Waals surface area (Å²) in [5, 5.41) is 25.3. The largest absolute Gasteiger partial charge is 0.516 e. The molecule has 1 atom stereocenters. The standard InChI is InChI=1S/C9H11NO6/c10-6(8(13)14)3-5(1-2-11)4-7(12)9(15)16/h1-2,4,6,11H,3,10H2,(H,13,14)(H,15,16). The zero-order chi connectivity index (χ0) is 12.7. The van der Waals surface area contributed by atoms with Crippen LogP contribution >= 0.6 is 0 Å². The maximum Gasteiger partial charge on any atom is 0.376 e. The summed E-state index contributed by atoms with van der Waals surface area (Å²) in [5.41, 5.74) is 5.20. The third-order valence-corrected chi connectivity index (χ3v) is 1.59. The SMILES string of the molecule is NC(CC(C=CO)=CC(=O)C(=O)O)C(=O)O. The minimum absolute atomic E-state index is 0.0183. The lowest BCUT2D eigenvalue weighted by Crippen LogP contribution is -2.30. The Kier molecular flexibility index (Phi) is 5.50. The predicted molar refractivity (Wildman–Crippen MR) is 52.7 cm³/mol. The van der Waals surface area contributed by atoms with Crippen LogP contribution in [0.25, 0.3) is 0 Å². The summed E-state index contributed by atoms with van der Waals surface area (Å²) in [6.45, 7) is 0. The van der Waals surface area contributed by atoms with Crippen LogP contribution in [0, 0.1) is 0 Å². The summed E-state index contributed by atoms with van der Waals surface area (Å²) >= 11 is 0. The van der Waals surface area contributed by atoms with Crippen LogP contribution in [-0.2, 0) is 14.4 Å². The zero-order valence-corrected chi connectivity index (χ0v) is 8.16. The van der Waals surface area contributed by atoms with E-state index < -0.39 is 23.8 Å². The van der Waals surface area contributed by atoms with Crippen molar-refractivity contribution in [3.63, 3.8) is 0 Å². The van der Waals surface area contributed by atoms with E-state index in [-0.39, 0.29) is 12.0 Å². The lowest BCUT2D eigenvalue weighted by Gasteiger charge is -2.06. The van der Waals surface area contributed by atoms with Crippen molar-refractivity contribution >= 4 is 17.7 Å². The molecule has 7 heteroatoms. The Balaban J connectivity index is 4.81. The molecule has 1 unspecified atom stereocenters. The molecule has 0 heterocycles. The molecule has 0 amide bonds. The van der Waals surface area contributed by atoms with Gasteiger partial charge in [-0.05, 0) is 24.1 Å². The Morgan fingerprint density at radius 2 is 1.81 bits per heavy atom. The highest BCUT2D eigenvalue weighted by molar-refractivity contribution is 6.37. The highest BCUT2D eigenvalue weighted by Crippen LogP contribution is 2.06. The number of hydrogen-bond acceptors (Lipinski definition) is 5. The van der Waals surface area contributed by atoms with Gasteiger partial charge in [0.1, 0.15) is 6.04 Å². The van der Waals surface area contributed by atoms with Crippen LogP contribution in [0.15, 0.2) is 24.0 Å². The maximum absolute atomic E-state index is 10.8. The molecule has 5 N–H and O–H groups in total. The molecule has 16 heavy (non-hydrogen) atoms. The van der Waals surface area contributed by atoms with Gasteiger partial charge in [-0.1, -0.05) is 0 Å². The van der Waals surface area contributed by atoms with Crippen LogP contribution < -0.4 is 5.73 Å². The van der Waals surface area contributed by atoms with Gasteiger partial charge in [0.05, 0.1) is 6.26 Å². The van der Waals surface area contributed by atoms with Crippen LogP contribution in [0.3, 0.4) is 0 Å². The van der Waals surface area contributed by atoms with Crippen LogP contribution in [0.4, 0.5) is 0 Å². The van der Waals surface area contributed by atoms with Crippen molar-refractivity contribution in [2.75, 3.05) is 0 Å². The van der Waals surface area contributed by atoms with Gasteiger partial charge in [0.15, 0.2) is 0 Å². The second-order valence-electron chi connectivity index (χ2n) is 2.85. The average Bonchev–Trinajstić information content (AvgIpc) is 2.17. The molecule has 7 nitrogen and oxygen atoms in total. The van der Waals surface area contributed by atoms with Gasteiger partial charge in [0.25, 0.3) is 5.78 Å². The number of aliphatic hydroxyl groups excluding tert-OH is 1. The molecule has 0 rings (SSSR count). The molecule has 0 aliphatic carbocycles. The van der Waals surface area contributed by atoms with Crippen molar-refractivity contribution in [3.05, 3.63) is 24.0 Å².